The van der Waals surface area contributed by atoms with Crippen LogP contribution in [-0.2, 0) is 6.54 Å². The average Bonchev–Trinajstić information content (AvgIpc) is 3.26. The molecule has 1 aromatic carbocycles. The molecule has 1 aliphatic carbocycles. The van der Waals surface area contributed by atoms with Gasteiger partial charge in [0.2, 0.25) is 0 Å². The SMILES string of the molecule is CCC1(C)CNC(C2CC2)CN1Cc1cccc(Cl)c1. The maximum atomic E-state index is 6.13. The lowest BCUT2D eigenvalue weighted by atomic mass is 9.90. The first kappa shape index (κ1) is 14.4. The molecule has 2 unspecified atom stereocenters. The number of nitrogens with one attached hydrogen (secondary N) is 1. The third kappa shape index (κ3) is 3.03. The van der Waals surface area contributed by atoms with Crippen LogP contribution >= 0.6 is 11.6 Å². The van der Waals surface area contributed by atoms with Gasteiger partial charge in [0.15, 0.2) is 0 Å². The van der Waals surface area contributed by atoms with Gasteiger partial charge in [-0.05, 0) is 49.8 Å². The molecule has 0 radical (unpaired) electrons. The summed E-state index contributed by atoms with van der Waals surface area (Å²) in [5.74, 6) is 0.915. The summed E-state index contributed by atoms with van der Waals surface area (Å²) in [6, 6.07) is 8.99. The van der Waals surface area contributed by atoms with Crippen molar-refractivity contribution in [1.82, 2.24) is 10.2 Å². The molecule has 3 heteroatoms. The predicted molar refractivity (Wildman–Crippen MR) is 85.1 cm³/mol. The second kappa shape index (κ2) is 5.67. The monoisotopic (exact) mass is 292 g/mol. The van der Waals surface area contributed by atoms with E-state index in [1.165, 1.54) is 31.4 Å². The molecule has 0 aromatic heterocycles. The molecule has 1 aromatic rings. The molecule has 2 aliphatic rings. The normalized spacial score (nSPS) is 31.4. The minimum atomic E-state index is 0.258. The Balaban J connectivity index is 1.75. The van der Waals surface area contributed by atoms with Gasteiger partial charge < -0.3 is 5.32 Å². The van der Waals surface area contributed by atoms with E-state index in [0.717, 1.165) is 24.0 Å². The number of benzene rings is 1. The summed E-state index contributed by atoms with van der Waals surface area (Å²) >= 11 is 6.13. The maximum Gasteiger partial charge on any atom is 0.0409 e. The van der Waals surface area contributed by atoms with Gasteiger partial charge in [-0.15, -0.1) is 0 Å². The van der Waals surface area contributed by atoms with E-state index in [9.17, 15) is 0 Å². The first-order valence-electron chi connectivity index (χ1n) is 7.83. The van der Waals surface area contributed by atoms with Crippen molar-refractivity contribution in [2.45, 2.75) is 51.2 Å². The number of rotatable bonds is 4. The predicted octanol–water partition coefficient (Wildman–Crippen LogP) is 3.69. The maximum absolute atomic E-state index is 6.13. The number of piperazine rings is 1. The Hall–Kier alpha value is -0.570. The Labute approximate surface area is 127 Å². The van der Waals surface area contributed by atoms with E-state index >= 15 is 0 Å². The van der Waals surface area contributed by atoms with Crippen LogP contribution in [0.25, 0.3) is 0 Å². The van der Waals surface area contributed by atoms with E-state index in [4.69, 9.17) is 11.6 Å². The van der Waals surface area contributed by atoms with Crippen LogP contribution in [0.3, 0.4) is 0 Å². The summed E-state index contributed by atoms with van der Waals surface area (Å²) in [6.45, 7) is 7.96. The van der Waals surface area contributed by atoms with Crippen molar-refractivity contribution >= 4 is 11.6 Å². The molecule has 0 bridgehead atoms. The second-order valence-corrected chi connectivity index (χ2v) is 7.12. The molecule has 2 atom stereocenters. The van der Waals surface area contributed by atoms with Gasteiger partial charge in [0, 0.05) is 36.2 Å². The molecular formula is C17H25ClN2. The van der Waals surface area contributed by atoms with E-state index in [2.05, 4.69) is 42.3 Å². The fourth-order valence-corrected chi connectivity index (χ4v) is 3.47. The molecular weight excluding hydrogens is 268 g/mol. The summed E-state index contributed by atoms with van der Waals surface area (Å²) in [7, 11) is 0. The van der Waals surface area contributed by atoms with Crippen molar-refractivity contribution in [2.24, 2.45) is 5.92 Å². The van der Waals surface area contributed by atoms with Gasteiger partial charge in [0.05, 0.1) is 0 Å². The third-order valence-electron chi connectivity index (χ3n) is 5.14. The smallest absolute Gasteiger partial charge is 0.0409 e. The van der Waals surface area contributed by atoms with Gasteiger partial charge in [-0.3, -0.25) is 4.90 Å². The zero-order chi connectivity index (χ0) is 14.2. The van der Waals surface area contributed by atoms with Crippen LogP contribution in [0.2, 0.25) is 5.02 Å². The summed E-state index contributed by atoms with van der Waals surface area (Å²) in [5, 5.41) is 4.62. The van der Waals surface area contributed by atoms with Gasteiger partial charge in [0.1, 0.15) is 0 Å². The fourth-order valence-electron chi connectivity index (χ4n) is 3.26. The quantitative estimate of drug-likeness (QED) is 0.910. The highest BCUT2D eigenvalue weighted by Gasteiger charge is 2.41. The Morgan fingerprint density at radius 1 is 1.40 bits per heavy atom. The van der Waals surface area contributed by atoms with Gasteiger partial charge in [-0.1, -0.05) is 30.7 Å². The number of hydrogen-bond acceptors (Lipinski definition) is 2. The van der Waals surface area contributed by atoms with E-state index < -0.39 is 0 Å². The molecule has 1 heterocycles. The molecule has 1 aliphatic heterocycles. The lowest BCUT2D eigenvalue weighted by molar-refractivity contribution is 0.0369. The standard InChI is InChI=1S/C17H25ClN2/c1-3-17(2)12-19-16(14-7-8-14)11-20(17)10-13-5-4-6-15(18)9-13/h4-6,9,14,16,19H,3,7-8,10-12H2,1-2H3. The minimum Gasteiger partial charge on any atom is -0.311 e. The van der Waals surface area contributed by atoms with Crippen molar-refractivity contribution in [3.8, 4) is 0 Å². The van der Waals surface area contributed by atoms with E-state index in [-0.39, 0.29) is 5.54 Å². The van der Waals surface area contributed by atoms with Crippen molar-refractivity contribution in [2.75, 3.05) is 13.1 Å². The van der Waals surface area contributed by atoms with Crippen molar-refractivity contribution in [3.05, 3.63) is 34.9 Å². The zero-order valence-corrected chi connectivity index (χ0v) is 13.3. The first-order valence-corrected chi connectivity index (χ1v) is 8.21. The van der Waals surface area contributed by atoms with Gasteiger partial charge in [-0.25, -0.2) is 0 Å². The molecule has 110 valence electrons. The molecule has 3 rings (SSSR count). The number of nitrogens with zero attached hydrogens (tertiary/aromatic N) is 1. The highest BCUT2D eigenvalue weighted by molar-refractivity contribution is 6.30. The summed E-state index contributed by atoms with van der Waals surface area (Å²) in [5.41, 5.74) is 1.59. The van der Waals surface area contributed by atoms with E-state index in [1.54, 1.807) is 0 Å². The van der Waals surface area contributed by atoms with Crippen LogP contribution in [0.4, 0.5) is 0 Å². The van der Waals surface area contributed by atoms with Crippen LogP contribution in [0.5, 0.6) is 0 Å². The van der Waals surface area contributed by atoms with Crippen molar-refractivity contribution in [1.29, 1.82) is 0 Å². The Morgan fingerprint density at radius 3 is 2.85 bits per heavy atom. The first-order chi connectivity index (χ1) is 9.60. The Kier molecular flexibility index (Phi) is 4.07. The fraction of sp³-hybridized carbons (Fsp3) is 0.647. The largest absolute Gasteiger partial charge is 0.311 e. The molecule has 1 N–H and O–H groups in total. The molecule has 0 spiro atoms. The minimum absolute atomic E-state index is 0.258. The van der Waals surface area contributed by atoms with Crippen molar-refractivity contribution in [3.63, 3.8) is 0 Å². The topological polar surface area (TPSA) is 15.3 Å². The zero-order valence-electron chi connectivity index (χ0n) is 12.5. The highest BCUT2D eigenvalue weighted by atomic mass is 35.5. The molecule has 20 heavy (non-hydrogen) atoms. The van der Waals surface area contributed by atoms with Crippen LogP contribution in [-0.4, -0.2) is 29.6 Å². The van der Waals surface area contributed by atoms with Gasteiger partial charge in [0.25, 0.3) is 0 Å². The van der Waals surface area contributed by atoms with Crippen LogP contribution in [0.15, 0.2) is 24.3 Å². The molecule has 0 amide bonds. The summed E-state index contributed by atoms with van der Waals surface area (Å²) < 4.78 is 0. The highest BCUT2D eigenvalue weighted by Crippen LogP contribution is 2.36. The average molecular weight is 293 g/mol. The van der Waals surface area contributed by atoms with Crippen LogP contribution in [0.1, 0.15) is 38.7 Å². The molecule has 1 saturated heterocycles. The molecule has 2 nitrogen and oxygen atoms in total. The molecule has 1 saturated carbocycles. The summed E-state index contributed by atoms with van der Waals surface area (Å²) in [6.07, 6.45) is 4.00. The second-order valence-electron chi connectivity index (χ2n) is 6.69. The van der Waals surface area contributed by atoms with Gasteiger partial charge in [-0.2, -0.15) is 0 Å². The molecule has 2 fully saturated rings. The Morgan fingerprint density at radius 2 is 2.20 bits per heavy atom. The van der Waals surface area contributed by atoms with Gasteiger partial charge >= 0.3 is 0 Å². The van der Waals surface area contributed by atoms with Crippen LogP contribution in [0, 0.1) is 5.92 Å². The summed E-state index contributed by atoms with van der Waals surface area (Å²) in [4.78, 5) is 2.66. The van der Waals surface area contributed by atoms with Crippen molar-refractivity contribution < 1.29 is 0 Å². The lowest BCUT2D eigenvalue weighted by Crippen LogP contribution is -2.63. The third-order valence-corrected chi connectivity index (χ3v) is 5.38. The van der Waals surface area contributed by atoms with Crippen LogP contribution < -0.4 is 5.32 Å². The lowest BCUT2D eigenvalue weighted by Gasteiger charge is -2.48. The Bertz CT molecular complexity index is 472. The number of halogens is 1. The number of hydrogen-bond donors (Lipinski definition) is 1. The van der Waals surface area contributed by atoms with E-state index in [0.29, 0.717) is 6.04 Å². The van der Waals surface area contributed by atoms with E-state index in [1.807, 2.05) is 6.07 Å².